The van der Waals surface area contributed by atoms with Gasteiger partial charge in [0.2, 0.25) is 0 Å². The van der Waals surface area contributed by atoms with Crippen LogP contribution in [0.15, 0.2) is 24.3 Å². The van der Waals surface area contributed by atoms with Crippen molar-refractivity contribution in [3.05, 3.63) is 29.8 Å². The van der Waals surface area contributed by atoms with Gasteiger partial charge in [-0.2, -0.15) is 0 Å². The second kappa shape index (κ2) is 8.81. The van der Waals surface area contributed by atoms with E-state index in [-0.39, 0.29) is 11.8 Å². The number of carbonyl (C=O) groups is 1. The summed E-state index contributed by atoms with van der Waals surface area (Å²) < 4.78 is 7.08. The van der Waals surface area contributed by atoms with Crippen LogP contribution in [0.1, 0.15) is 38.2 Å². The lowest BCUT2D eigenvalue weighted by atomic mass is 9.85. The van der Waals surface area contributed by atoms with E-state index in [1.807, 2.05) is 19.2 Å². The highest BCUT2D eigenvalue weighted by atomic mass is 16.5. The number of ketones is 1. The van der Waals surface area contributed by atoms with Crippen LogP contribution >= 0.6 is 0 Å². The Morgan fingerprint density at radius 2 is 1.76 bits per heavy atom. The van der Waals surface area contributed by atoms with Gasteiger partial charge in [0.05, 0.1) is 39.8 Å². The van der Waals surface area contributed by atoms with Crippen LogP contribution in [0, 0.1) is 5.92 Å². The van der Waals surface area contributed by atoms with E-state index in [0.29, 0.717) is 5.92 Å². The molecule has 4 heteroatoms. The van der Waals surface area contributed by atoms with Gasteiger partial charge in [-0.25, -0.2) is 0 Å². The number of hydrogen-bond acceptors (Lipinski definition) is 3. The first-order valence-electron chi connectivity index (χ1n) is 9.50. The zero-order valence-corrected chi connectivity index (χ0v) is 16.5. The number of rotatable bonds is 8. The van der Waals surface area contributed by atoms with Crippen molar-refractivity contribution in [3.63, 3.8) is 0 Å². The number of nitrogens with zero attached hydrogens (tertiary/aromatic N) is 1. The highest BCUT2D eigenvalue weighted by molar-refractivity contribution is 5.81. The van der Waals surface area contributed by atoms with Gasteiger partial charge in [0.25, 0.3) is 0 Å². The summed E-state index contributed by atoms with van der Waals surface area (Å²) in [5, 5.41) is 3.06. The molecule has 1 atom stereocenters. The van der Waals surface area contributed by atoms with E-state index in [9.17, 15) is 4.79 Å². The highest BCUT2D eigenvalue weighted by Crippen LogP contribution is 2.29. The Bertz CT molecular complexity index is 540. The zero-order valence-electron chi connectivity index (χ0n) is 16.5. The van der Waals surface area contributed by atoms with Crippen molar-refractivity contribution in [2.75, 3.05) is 34.8 Å². The van der Waals surface area contributed by atoms with Crippen molar-refractivity contribution in [2.45, 2.75) is 51.1 Å². The second-order valence-corrected chi connectivity index (χ2v) is 8.40. The van der Waals surface area contributed by atoms with Crippen LogP contribution in [0.3, 0.4) is 0 Å². The fraction of sp³-hybridized carbons (Fsp3) is 0.667. The van der Waals surface area contributed by atoms with Crippen molar-refractivity contribution in [2.24, 2.45) is 5.92 Å². The summed E-state index contributed by atoms with van der Waals surface area (Å²) in [5.41, 5.74) is 1.16. The van der Waals surface area contributed by atoms with E-state index in [1.165, 1.54) is 25.7 Å². The predicted octanol–water partition coefficient (Wildman–Crippen LogP) is 3.05. The number of ether oxygens (including phenoxy) is 1. The third-order valence-corrected chi connectivity index (χ3v) is 5.60. The summed E-state index contributed by atoms with van der Waals surface area (Å²) in [5.74, 6) is 1.78. The number of carbonyl (C=O) groups excluding carboxylic acids is 1. The molecule has 0 aliphatic heterocycles. The second-order valence-electron chi connectivity index (χ2n) is 8.40. The van der Waals surface area contributed by atoms with E-state index < -0.39 is 0 Å². The van der Waals surface area contributed by atoms with Gasteiger partial charge < -0.3 is 14.5 Å². The molecular weight excluding hydrogens is 312 g/mol. The molecule has 2 rings (SSSR count). The first-order valence-corrected chi connectivity index (χ1v) is 9.50. The lowest BCUT2D eigenvalue weighted by molar-refractivity contribution is -0.897. The quantitative estimate of drug-likeness (QED) is 0.735. The molecule has 1 N–H and O–H groups in total. The SMILES string of the molecule is CNC(Cc1ccc(OCC2CCC([N+](C)(C)C)CC2)cc1)C(C)=O. The van der Waals surface area contributed by atoms with Crippen molar-refractivity contribution in [1.82, 2.24) is 5.32 Å². The maximum Gasteiger partial charge on any atom is 0.147 e. The molecule has 0 radical (unpaired) electrons. The summed E-state index contributed by atoms with van der Waals surface area (Å²) in [6.45, 7) is 2.45. The molecular formula is C21H35N2O2+. The third-order valence-electron chi connectivity index (χ3n) is 5.60. The lowest BCUT2D eigenvalue weighted by Gasteiger charge is -2.38. The average Bonchev–Trinajstić information content (AvgIpc) is 2.58. The molecule has 1 aromatic carbocycles. The molecule has 25 heavy (non-hydrogen) atoms. The number of Topliss-reactive ketones (excluding diaryl/α,β-unsaturated/α-hetero) is 1. The fourth-order valence-electron chi connectivity index (χ4n) is 3.71. The summed E-state index contributed by atoms with van der Waals surface area (Å²) in [6, 6.07) is 8.87. The number of nitrogens with one attached hydrogen (secondary N) is 1. The molecule has 4 nitrogen and oxygen atoms in total. The minimum absolute atomic E-state index is 0.108. The van der Waals surface area contributed by atoms with Gasteiger partial charge in [0.15, 0.2) is 0 Å². The van der Waals surface area contributed by atoms with E-state index in [2.05, 4.69) is 38.6 Å². The summed E-state index contributed by atoms with van der Waals surface area (Å²) in [4.78, 5) is 11.5. The van der Waals surface area contributed by atoms with Gasteiger partial charge >= 0.3 is 0 Å². The van der Waals surface area contributed by atoms with Gasteiger partial charge in [-0.15, -0.1) is 0 Å². The Hall–Kier alpha value is -1.39. The molecule has 1 unspecified atom stereocenters. The van der Waals surface area contributed by atoms with Crippen LogP contribution in [-0.4, -0.2) is 57.1 Å². The Morgan fingerprint density at radius 3 is 2.24 bits per heavy atom. The molecule has 140 valence electrons. The van der Waals surface area contributed by atoms with Crippen LogP contribution in [0.4, 0.5) is 0 Å². The van der Waals surface area contributed by atoms with Gasteiger partial charge in [-0.3, -0.25) is 4.79 Å². The van der Waals surface area contributed by atoms with E-state index in [0.717, 1.165) is 34.9 Å². The van der Waals surface area contributed by atoms with Gasteiger partial charge in [-0.05, 0) is 69.7 Å². The molecule has 1 fully saturated rings. The number of hydrogen-bond donors (Lipinski definition) is 1. The van der Waals surface area contributed by atoms with Crippen LogP contribution < -0.4 is 10.1 Å². The normalized spacial score (nSPS) is 22.4. The molecule has 1 saturated carbocycles. The van der Waals surface area contributed by atoms with Crippen LogP contribution in [0.2, 0.25) is 0 Å². The molecule has 0 bridgehead atoms. The maximum absolute atomic E-state index is 11.5. The van der Waals surface area contributed by atoms with Gasteiger partial charge in [0.1, 0.15) is 11.5 Å². The Morgan fingerprint density at radius 1 is 1.16 bits per heavy atom. The maximum atomic E-state index is 11.5. The van der Waals surface area contributed by atoms with Crippen molar-refractivity contribution in [1.29, 1.82) is 0 Å². The lowest BCUT2D eigenvalue weighted by Crippen LogP contribution is -2.47. The van der Waals surface area contributed by atoms with Crippen LogP contribution in [0.5, 0.6) is 5.75 Å². The summed E-state index contributed by atoms with van der Waals surface area (Å²) in [7, 11) is 8.73. The Labute approximate surface area is 153 Å². The standard InChI is InChI=1S/C21H35N2O2/c1-16(24)21(22-2)14-17-8-12-20(13-9-17)25-15-18-6-10-19(11-7-18)23(3,4)5/h8-9,12-13,18-19,21-22H,6-7,10-11,14-15H2,1-5H3/q+1. The third kappa shape index (κ3) is 6.12. The zero-order chi connectivity index (χ0) is 18.4. The van der Waals surface area contributed by atoms with Crippen molar-refractivity contribution >= 4 is 5.78 Å². The average molecular weight is 348 g/mol. The molecule has 1 aliphatic carbocycles. The largest absolute Gasteiger partial charge is 0.493 e. The van der Waals surface area contributed by atoms with Crippen molar-refractivity contribution in [3.8, 4) is 5.75 Å². The van der Waals surface area contributed by atoms with E-state index in [4.69, 9.17) is 4.74 Å². The summed E-state index contributed by atoms with van der Waals surface area (Å²) >= 11 is 0. The number of likely N-dealkylation sites (N-methyl/N-ethyl adjacent to an activating group) is 1. The van der Waals surface area contributed by atoms with Crippen molar-refractivity contribution < 1.29 is 14.0 Å². The smallest absolute Gasteiger partial charge is 0.147 e. The first kappa shape index (κ1) is 19.9. The predicted molar refractivity (Wildman–Crippen MR) is 103 cm³/mol. The molecule has 1 aliphatic rings. The minimum atomic E-state index is -0.108. The molecule has 0 spiro atoms. The summed E-state index contributed by atoms with van der Waals surface area (Å²) in [6.07, 6.45) is 5.85. The highest BCUT2D eigenvalue weighted by Gasteiger charge is 2.30. The monoisotopic (exact) mass is 347 g/mol. The fourth-order valence-corrected chi connectivity index (χ4v) is 3.71. The van der Waals surface area contributed by atoms with Gasteiger partial charge in [-0.1, -0.05) is 12.1 Å². The van der Waals surface area contributed by atoms with E-state index >= 15 is 0 Å². The van der Waals surface area contributed by atoms with Gasteiger partial charge in [0, 0.05) is 0 Å². The van der Waals surface area contributed by atoms with Crippen LogP contribution in [0.25, 0.3) is 0 Å². The molecule has 0 heterocycles. The minimum Gasteiger partial charge on any atom is -0.493 e. The van der Waals surface area contributed by atoms with Crippen LogP contribution in [-0.2, 0) is 11.2 Å². The van der Waals surface area contributed by atoms with E-state index in [1.54, 1.807) is 6.92 Å². The first-order chi connectivity index (χ1) is 11.8. The number of quaternary nitrogens is 1. The molecule has 1 aromatic rings. The number of benzene rings is 1. The molecule has 0 saturated heterocycles. The topological polar surface area (TPSA) is 38.3 Å². The molecule has 0 amide bonds. The Kier molecular flexibility index (Phi) is 7.03. The molecule has 0 aromatic heterocycles. The Balaban J connectivity index is 1.78.